The maximum Gasteiger partial charge on any atom is 0.258 e. The second kappa shape index (κ2) is 8.53. The average molecular weight is 425 g/mol. The Hall–Kier alpha value is -2.77. The van der Waals surface area contributed by atoms with Gasteiger partial charge in [-0.25, -0.2) is 0 Å². The van der Waals surface area contributed by atoms with Crippen molar-refractivity contribution in [2.24, 2.45) is 0 Å². The second-order valence-electron chi connectivity index (χ2n) is 7.34. The largest absolute Gasteiger partial charge is 0.484 e. The van der Waals surface area contributed by atoms with Gasteiger partial charge >= 0.3 is 0 Å². The van der Waals surface area contributed by atoms with E-state index in [1.165, 1.54) is 11.8 Å². The monoisotopic (exact) mass is 424 g/mol. The van der Waals surface area contributed by atoms with Gasteiger partial charge in [0.2, 0.25) is 5.91 Å². The molecule has 6 nitrogen and oxygen atoms in total. The molecule has 2 aromatic carbocycles. The Bertz CT molecular complexity index is 937. The summed E-state index contributed by atoms with van der Waals surface area (Å²) in [6.07, 6.45) is 0.643. The van der Waals surface area contributed by atoms with Crippen molar-refractivity contribution in [2.45, 2.75) is 22.8 Å². The molecule has 0 radical (unpaired) electrons. The molecule has 2 aromatic rings. The second-order valence-corrected chi connectivity index (χ2v) is 8.72. The Labute approximate surface area is 180 Å². The molecule has 0 spiro atoms. The zero-order chi connectivity index (χ0) is 21.1. The number of amides is 2. The van der Waals surface area contributed by atoms with Gasteiger partial charge in [-0.1, -0.05) is 66.9 Å². The van der Waals surface area contributed by atoms with E-state index >= 15 is 0 Å². The lowest BCUT2D eigenvalue weighted by atomic mass is 9.97. The Kier molecular flexibility index (Phi) is 5.83. The summed E-state index contributed by atoms with van der Waals surface area (Å²) in [7, 11) is 1.67. The van der Waals surface area contributed by atoms with Crippen LogP contribution in [-0.4, -0.2) is 53.3 Å². The van der Waals surface area contributed by atoms with Crippen LogP contribution in [0.2, 0.25) is 0 Å². The predicted octanol–water partition coefficient (Wildman–Crippen LogP) is 2.61. The van der Waals surface area contributed by atoms with Gasteiger partial charge < -0.3 is 19.7 Å². The molecule has 2 amide bonds. The molecule has 1 N–H and O–H groups in total. The highest BCUT2D eigenvalue weighted by molar-refractivity contribution is 8.01. The molecule has 2 fully saturated rings. The summed E-state index contributed by atoms with van der Waals surface area (Å²) in [5, 5.41) is 2.61. The molecule has 4 rings (SSSR count). The van der Waals surface area contributed by atoms with Crippen LogP contribution in [0.1, 0.15) is 5.56 Å². The molecule has 7 heteroatoms. The van der Waals surface area contributed by atoms with Crippen LogP contribution in [0, 0.1) is 0 Å². The Morgan fingerprint density at radius 3 is 2.53 bits per heavy atom. The summed E-state index contributed by atoms with van der Waals surface area (Å²) in [6.45, 7) is 4.47. The van der Waals surface area contributed by atoms with Gasteiger partial charge in [-0.3, -0.25) is 9.59 Å². The highest BCUT2D eigenvalue weighted by Gasteiger charge is 2.57. The molecule has 2 aliphatic heterocycles. The number of carbonyl (C=O) groups is 2. The van der Waals surface area contributed by atoms with Crippen molar-refractivity contribution in [1.29, 1.82) is 0 Å². The van der Waals surface area contributed by atoms with E-state index in [9.17, 15) is 9.59 Å². The number of nitrogens with zero attached hydrogens (tertiary/aromatic N) is 1. The van der Waals surface area contributed by atoms with Gasteiger partial charge in [-0.05, 0) is 23.3 Å². The average Bonchev–Trinajstić information content (AvgIpc) is 2.79. The van der Waals surface area contributed by atoms with Crippen molar-refractivity contribution < 1.29 is 19.1 Å². The summed E-state index contributed by atoms with van der Waals surface area (Å²) < 4.78 is 11.4. The van der Waals surface area contributed by atoms with Crippen LogP contribution in [-0.2, 0) is 20.7 Å². The minimum atomic E-state index is -0.646. The molecule has 30 heavy (non-hydrogen) atoms. The molecule has 0 saturated carbocycles. The number of rotatable bonds is 7. The number of hydrogen-bond acceptors (Lipinski definition) is 5. The molecule has 0 aliphatic carbocycles. The zero-order valence-electron chi connectivity index (χ0n) is 16.7. The highest BCUT2D eigenvalue weighted by atomic mass is 32.2. The lowest BCUT2D eigenvalue weighted by molar-refractivity contribution is -0.149. The fourth-order valence-corrected chi connectivity index (χ4v) is 5.33. The quantitative estimate of drug-likeness (QED) is 0.547. The first kappa shape index (κ1) is 20.5. The van der Waals surface area contributed by atoms with Crippen LogP contribution >= 0.6 is 11.8 Å². The smallest absolute Gasteiger partial charge is 0.258 e. The highest BCUT2D eigenvalue weighted by Crippen LogP contribution is 2.49. The van der Waals surface area contributed by atoms with E-state index in [1.54, 1.807) is 24.1 Å². The summed E-state index contributed by atoms with van der Waals surface area (Å²) >= 11 is 1.53. The third-order valence-corrected chi connectivity index (χ3v) is 7.14. The van der Waals surface area contributed by atoms with Crippen LogP contribution in [0.5, 0.6) is 5.75 Å². The summed E-state index contributed by atoms with van der Waals surface area (Å²) in [4.78, 5) is 26.0. The van der Waals surface area contributed by atoms with Crippen LogP contribution < -0.4 is 10.1 Å². The Morgan fingerprint density at radius 1 is 1.20 bits per heavy atom. The first-order chi connectivity index (χ1) is 14.5. The van der Waals surface area contributed by atoms with Crippen LogP contribution in [0.15, 0.2) is 72.8 Å². The number of thioether (sulfide) groups is 1. The molecule has 0 bridgehead atoms. The molecule has 2 heterocycles. The molecule has 156 valence electrons. The third kappa shape index (κ3) is 3.95. The van der Waals surface area contributed by atoms with Gasteiger partial charge in [0.15, 0.2) is 6.61 Å². The number of carbonyl (C=O) groups excluding carboxylic acids is 2. The third-order valence-electron chi connectivity index (χ3n) is 5.39. The van der Waals surface area contributed by atoms with E-state index in [-0.39, 0.29) is 23.8 Å². The summed E-state index contributed by atoms with van der Waals surface area (Å²) in [5.74, 6) is 0.179. The molecule has 2 saturated heterocycles. The van der Waals surface area contributed by atoms with Crippen molar-refractivity contribution in [3.63, 3.8) is 0 Å². The molecule has 2 unspecified atom stereocenters. The number of benzene rings is 2. The topological polar surface area (TPSA) is 67.9 Å². The maximum absolute atomic E-state index is 12.6. The van der Waals surface area contributed by atoms with E-state index in [0.717, 1.165) is 11.1 Å². The minimum absolute atomic E-state index is 0.105. The van der Waals surface area contributed by atoms with Gasteiger partial charge in [0.25, 0.3) is 5.91 Å². The first-order valence-electron chi connectivity index (χ1n) is 9.75. The van der Waals surface area contributed by atoms with Gasteiger partial charge in [-0.15, -0.1) is 0 Å². The number of para-hydroxylation sites is 1. The van der Waals surface area contributed by atoms with Crippen molar-refractivity contribution in [2.75, 3.05) is 20.3 Å². The van der Waals surface area contributed by atoms with Crippen molar-refractivity contribution in [3.05, 3.63) is 78.4 Å². The number of methoxy groups -OCH3 is 1. The van der Waals surface area contributed by atoms with E-state index < -0.39 is 11.0 Å². The number of fused-ring (bicyclic) bond motifs is 1. The number of ether oxygens (including phenoxy) is 2. The lowest BCUT2D eigenvalue weighted by Gasteiger charge is -2.55. The van der Waals surface area contributed by atoms with Crippen LogP contribution in [0.25, 0.3) is 0 Å². The van der Waals surface area contributed by atoms with Crippen molar-refractivity contribution >= 4 is 23.6 Å². The Balaban J connectivity index is 1.41. The minimum Gasteiger partial charge on any atom is -0.484 e. The number of hydrogen-bond donors (Lipinski definition) is 1. The van der Waals surface area contributed by atoms with E-state index in [0.29, 0.717) is 18.7 Å². The molecular formula is C23H24N2O4S. The van der Waals surface area contributed by atoms with Gasteiger partial charge in [0.1, 0.15) is 22.1 Å². The van der Waals surface area contributed by atoms with Crippen molar-refractivity contribution in [1.82, 2.24) is 10.2 Å². The normalized spacial score (nSPS) is 25.3. The molecule has 0 aromatic heterocycles. The van der Waals surface area contributed by atoms with Gasteiger partial charge in [0.05, 0.1) is 0 Å². The molecule has 2 aliphatic rings. The predicted molar refractivity (Wildman–Crippen MR) is 116 cm³/mol. The fraction of sp³-hybridized carbons (Fsp3) is 0.304. The van der Waals surface area contributed by atoms with E-state index in [1.807, 2.05) is 48.5 Å². The molecule has 3 atom stereocenters. The maximum atomic E-state index is 12.6. The van der Waals surface area contributed by atoms with E-state index in [2.05, 4.69) is 11.9 Å². The van der Waals surface area contributed by atoms with Crippen LogP contribution in [0.4, 0.5) is 0 Å². The first-order valence-corrected chi connectivity index (χ1v) is 10.6. The van der Waals surface area contributed by atoms with Crippen molar-refractivity contribution in [3.8, 4) is 5.75 Å². The summed E-state index contributed by atoms with van der Waals surface area (Å²) in [6, 6.07) is 18.6. The number of β-lactam (4-membered cyclic amide) rings is 1. The Morgan fingerprint density at radius 2 is 1.87 bits per heavy atom. The molecular weight excluding hydrogens is 400 g/mol. The van der Waals surface area contributed by atoms with Crippen LogP contribution in [0.3, 0.4) is 0 Å². The zero-order valence-corrected chi connectivity index (χ0v) is 17.6. The number of nitrogens with one attached hydrogen (secondary N) is 1. The summed E-state index contributed by atoms with van der Waals surface area (Å²) in [5.41, 5.74) is 1.98. The standard InChI is InChI=1S/C23H24N2O4S/c1-16-14-25-21(27)20(24-19(26)15-29-18-11-7-4-8-12-18)22(25)30-23(16,28-2)13-17-9-5-3-6-10-17/h3-12,20,22H,1,13-15H2,2H3,(H,24,26)/t20?,22-,23?/m1/s1. The van der Waals surface area contributed by atoms with Gasteiger partial charge in [-0.2, -0.15) is 0 Å². The SMILES string of the molecule is C=C1CN2C(=O)C(NC(=O)COc3ccccc3)[C@H]2SC1(Cc1ccccc1)OC. The fourth-order valence-electron chi connectivity index (χ4n) is 3.74. The van der Waals surface area contributed by atoms with Gasteiger partial charge in [0, 0.05) is 20.1 Å². The van der Waals surface area contributed by atoms with E-state index in [4.69, 9.17) is 9.47 Å². The lowest BCUT2D eigenvalue weighted by Crippen LogP contribution is -2.73.